The van der Waals surface area contributed by atoms with E-state index in [9.17, 15) is 0 Å². The first kappa shape index (κ1) is 9.26. The van der Waals surface area contributed by atoms with Gasteiger partial charge in [0.25, 0.3) is 0 Å². The lowest BCUT2D eigenvalue weighted by atomic mass is 10.1. The summed E-state index contributed by atoms with van der Waals surface area (Å²) >= 11 is 1.39. The number of nitrogens with two attached hydrogens (primary N) is 1. The van der Waals surface area contributed by atoms with Gasteiger partial charge in [0.1, 0.15) is 0 Å². The third kappa shape index (κ3) is 1.79. The molecule has 0 radical (unpaired) electrons. The number of hydrogen-bond donors (Lipinski definition) is 2. The first-order chi connectivity index (χ1) is 6.92. The van der Waals surface area contributed by atoms with Gasteiger partial charge in [-0.3, -0.25) is 11.3 Å². The molecule has 2 aromatic rings. The van der Waals surface area contributed by atoms with Gasteiger partial charge in [-0.25, -0.2) is 0 Å². The molecule has 0 saturated heterocycles. The third-order valence-corrected chi connectivity index (χ3v) is 2.68. The van der Waals surface area contributed by atoms with Gasteiger partial charge in [0, 0.05) is 0 Å². The van der Waals surface area contributed by atoms with Crippen LogP contribution < -0.4 is 11.3 Å². The van der Waals surface area contributed by atoms with E-state index in [0.717, 1.165) is 16.1 Å². The minimum Gasteiger partial charge on any atom is -0.271 e. The lowest BCUT2D eigenvalue weighted by molar-refractivity contribution is 0.721. The standard InChI is InChI=1S/C9H10N4S/c10-11-6-8-9(14-13-12-8)7-4-2-1-3-5-7/h1-5,11H,6,10H2. The fraction of sp³-hybridized carbons (Fsp3) is 0.111. The Hall–Kier alpha value is -1.30. The Kier molecular flexibility index (Phi) is 2.83. The minimum atomic E-state index is 0.542. The molecule has 1 heterocycles. The zero-order chi connectivity index (χ0) is 9.80. The fourth-order valence-corrected chi connectivity index (χ4v) is 1.91. The maximum Gasteiger partial charge on any atom is 0.0986 e. The van der Waals surface area contributed by atoms with Crippen LogP contribution in [0.2, 0.25) is 0 Å². The molecule has 0 unspecified atom stereocenters. The van der Waals surface area contributed by atoms with Crippen LogP contribution in [-0.4, -0.2) is 9.59 Å². The highest BCUT2D eigenvalue weighted by Gasteiger charge is 2.08. The number of rotatable bonds is 3. The molecule has 0 spiro atoms. The van der Waals surface area contributed by atoms with E-state index >= 15 is 0 Å². The second kappa shape index (κ2) is 4.28. The maximum absolute atomic E-state index is 5.25. The van der Waals surface area contributed by atoms with Crippen molar-refractivity contribution in [1.29, 1.82) is 0 Å². The van der Waals surface area contributed by atoms with Crippen molar-refractivity contribution in [1.82, 2.24) is 15.0 Å². The molecule has 0 amide bonds. The monoisotopic (exact) mass is 206 g/mol. The molecule has 1 aromatic heterocycles. The number of benzene rings is 1. The lowest BCUT2D eigenvalue weighted by Crippen LogP contribution is -2.21. The van der Waals surface area contributed by atoms with Crippen LogP contribution in [0, 0.1) is 0 Å². The summed E-state index contributed by atoms with van der Waals surface area (Å²) in [6.45, 7) is 0.542. The summed E-state index contributed by atoms with van der Waals surface area (Å²) in [5.74, 6) is 5.25. The second-order valence-corrected chi connectivity index (χ2v) is 3.55. The molecular formula is C9H10N4S. The van der Waals surface area contributed by atoms with E-state index in [0.29, 0.717) is 6.54 Å². The second-order valence-electron chi connectivity index (χ2n) is 2.80. The van der Waals surface area contributed by atoms with Crippen LogP contribution in [-0.2, 0) is 6.54 Å². The predicted molar refractivity (Wildman–Crippen MR) is 56.4 cm³/mol. The van der Waals surface area contributed by atoms with Gasteiger partial charge in [-0.1, -0.05) is 34.8 Å². The average molecular weight is 206 g/mol. The van der Waals surface area contributed by atoms with Crippen LogP contribution in [0.3, 0.4) is 0 Å². The highest BCUT2D eigenvalue weighted by atomic mass is 32.1. The van der Waals surface area contributed by atoms with Crippen molar-refractivity contribution in [2.75, 3.05) is 0 Å². The molecular weight excluding hydrogens is 196 g/mol. The van der Waals surface area contributed by atoms with Crippen molar-refractivity contribution in [3.8, 4) is 10.4 Å². The molecule has 3 N–H and O–H groups in total. The zero-order valence-electron chi connectivity index (χ0n) is 7.47. The SMILES string of the molecule is NNCc1nnsc1-c1ccccc1. The summed E-state index contributed by atoms with van der Waals surface area (Å²) in [4.78, 5) is 1.07. The molecule has 4 nitrogen and oxygen atoms in total. The normalized spacial score (nSPS) is 10.4. The summed E-state index contributed by atoms with van der Waals surface area (Å²) in [5.41, 5.74) is 4.61. The van der Waals surface area contributed by atoms with Crippen LogP contribution in [0.25, 0.3) is 10.4 Å². The molecule has 5 heteroatoms. The minimum absolute atomic E-state index is 0.542. The predicted octanol–water partition coefficient (Wildman–Crippen LogP) is 1.17. The Labute approximate surface area is 85.9 Å². The van der Waals surface area contributed by atoms with Gasteiger partial charge in [-0.15, -0.1) is 5.10 Å². The molecule has 0 bridgehead atoms. The van der Waals surface area contributed by atoms with Crippen LogP contribution in [0.5, 0.6) is 0 Å². The average Bonchev–Trinajstić information content (AvgIpc) is 2.68. The van der Waals surface area contributed by atoms with E-state index in [1.807, 2.05) is 30.3 Å². The van der Waals surface area contributed by atoms with Crippen LogP contribution in [0.4, 0.5) is 0 Å². The summed E-state index contributed by atoms with van der Waals surface area (Å²) < 4.78 is 3.91. The Morgan fingerprint density at radius 3 is 2.79 bits per heavy atom. The summed E-state index contributed by atoms with van der Waals surface area (Å²) in [6.07, 6.45) is 0. The van der Waals surface area contributed by atoms with Crippen molar-refractivity contribution in [2.24, 2.45) is 5.84 Å². The summed E-state index contributed by atoms with van der Waals surface area (Å²) in [7, 11) is 0. The quantitative estimate of drug-likeness (QED) is 0.584. The first-order valence-corrected chi connectivity index (χ1v) is 4.99. The lowest BCUT2D eigenvalue weighted by Gasteiger charge is -1.99. The Morgan fingerprint density at radius 1 is 1.29 bits per heavy atom. The molecule has 0 aliphatic rings. The van der Waals surface area contributed by atoms with E-state index in [1.54, 1.807) is 0 Å². The molecule has 0 aliphatic heterocycles. The topological polar surface area (TPSA) is 63.8 Å². The van der Waals surface area contributed by atoms with E-state index in [-0.39, 0.29) is 0 Å². The van der Waals surface area contributed by atoms with E-state index in [2.05, 4.69) is 15.0 Å². The fourth-order valence-electron chi connectivity index (χ4n) is 1.23. The van der Waals surface area contributed by atoms with Gasteiger partial charge >= 0.3 is 0 Å². The smallest absolute Gasteiger partial charge is 0.0986 e. The van der Waals surface area contributed by atoms with E-state index in [4.69, 9.17) is 5.84 Å². The summed E-state index contributed by atoms with van der Waals surface area (Å²) in [6, 6.07) is 10.0. The van der Waals surface area contributed by atoms with Crippen molar-refractivity contribution in [3.05, 3.63) is 36.0 Å². The van der Waals surface area contributed by atoms with Crippen LogP contribution >= 0.6 is 11.5 Å². The van der Waals surface area contributed by atoms with Crippen molar-refractivity contribution in [2.45, 2.75) is 6.54 Å². The van der Waals surface area contributed by atoms with Crippen LogP contribution in [0.15, 0.2) is 30.3 Å². The van der Waals surface area contributed by atoms with Gasteiger partial charge in [-0.05, 0) is 17.1 Å². The number of nitrogens with zero attached hydrogens (tertiary/aromatic N) is 2. The molecule has 1 aromatic carbocycles. The van der Waals surface area contributed by atoms with E-state index < -0.39 is 0 Å². The number of hydrogen-bond acceptors (Lipinski definition) is 5. The molecule has 0 saturated carbocycles. The molecule has 14 heavy (non-hydrogen) atoms. The van der Waals surface area contributed by atoms with Gasteiger partial charge in [0.15, 0.2) is 0 Å². The van der Waals surface area contributed by atoms with Gasteiger partial charge in [0.05, 0.1) is 17.1 Å². The maximum atomic E-state index is 5.25. The Morgan fingerprint density at radius 2 is 2.07 bits per heavy atom. The van der Waals surface area contributed by atoms with Crippen molar-refractivity contribution >= 4 is 11.5 Å². The highest BCUT2D eigenvalue weighted by Crippen LogP contribution is 2.25. The van der Waals surface area contributed by atoms with Crippen molar-refractivity contribution < 1.29 is 0 Å². The molecule has 0 aliphatic carbocycles. The van der Waals surface area contributed by atoms with E-state index in [1.165, 1.54) is 11.5 Å². The number of hydrazine groups is 1. The van der Waals surface area contributed by atoms with Gasteiger partial charge in [-0.2, -0.15) is 0 Å². The molecule has 0 atom stereocenters. The zero-order valence-corrected chi connectivity index (χ0v) is 8.29. The Bertz CT molecular complexity index is 398. The van der Waals surface area contributed by atoms with Gasteiger partial charge < -0.3 is 0 Å². The first-order valence-electron chi connectivity index (χ1n) is 4.22. The summed E-state index contributed by atoms with van der Waals surface area (Å²) in [5, 5.41) is 4.01. The molecule has 72 valence electrons. The molecule has 0 fully saturated rings. The van der Waals surface area contributed by atoms with Gasteiger partial charge in [0.2, 0.25) is 0 Å². The largest absolute Gasteiger partial charge is 0.271 e. The Balaban J connectivity index is 2.37. The molecule has 2 rings (SSSR count). The van der Waals surface area contributed by atoms with Crippen LogP contribution in [0.1, 0.15) is 5.69 Å². The number of nitrogens with one attached hydrogen (secondary N) is 1. The highest BCUT2D eigenvalue weighted by molar-refractivity contribution is 7.09. The third-order valence-electron chi connectivity index (χ3n) is 1.86. The van der Waals surface area contributed by atoms with Crippen molar-refractivity contribution in [3.63, 3.8) is 0 Å². The number of aromatic nitrogens is 2.